The molecule has 39 heavy (non-hydrogen) atoms. The lowest BCUT2D eigenvalue weighted by atomic mass is 10.1. The van der Waals surface area contributed by atoms with Gasteiger partial charge in [-0.05, 0) is 72.7 Å². The minimum Gasteiger partial charge on any atom is -0.490 e. The minimum atomic E-state index is -0.324. The Kier molecular flexibility index (Phi) is 8.25. The van der Waals surface area contributed by atoms with Crippen LogP contribution in [0.2, 0.25) is 5.02 Å². The minimum absolute atomic E-state index is 0.181. The smallest absolute Gasteiger partial charge is 0.266 e. The highest BCUT2D eigenvalue weighted by molar-refractivity contribution is 8.26. The van der Waals surface area contributed by atoms with Gasteiger partial charge in [-0.2, -0.15) is 0 Å². The van der Waals surface area contributed by atoms with E-state index in [-0.39, 0.29) is 25.2 Å². The number of carbonyl (C=O) groups excluding carboxylic acids is 2. The monoisotopic (exact) mass is 582 g/mol. The zero-order valence-corrected chi connectivity index (χ0v) is 23.2. The molecule has 200 valence electrons. The summed E-state index contributed by atoms with van der Waals surface area (Å²) in [5.41, 5.74) is 2.24. The molecule has 2 amide bonds. The number of rotatable bonds is 9. The number of anilines is 1. The molecule has 1 N–H and O–H groups in total. The van der Waals surface area contributed by atoms with Gasteiger partial charge in [-0.15, -0.1) is 0 Å². The molecule has 3 aromatic rings. The summed E-state index contributed by atoms with van der Waals surface area (Å²) in [5.74, 6) is 1.71. The number of hydrogen-bond donors (Lipinski definition) is 1. The maximum absolute atomic E-state index is 13.2. The van der Waals surface area contributed by atoms with Gasteiger partial charge < -0.3 is 24.3 Å². The lowest BCUT2D eigenvalue weighted by Gasteiger charge is -2.15. The molecular formula is C28H23ClN2O6S2. The average Bonchev–Trinajstić information content (AvgIpc) is 3.49. The van der Waals surface area contributed by atoms with Gasteiger partial charge in [0.05, 0.1) is 18.1 Å². The van der Waals surface area contributed by atoms with E-state index in [4.69, 9.17) is 42.8 Å². The van der Waals surface area contributed by atoms with Crippen molar-refractivity contribution in [3.05, 3.63) is 81.7 Å². The van der Waals surface area contributed by atoms with Gasteiger partial charge in [-0.1, -0.05) is 47.7 Å². The van der Waals surface area contributed by atoms with Gasteiger partial charge in [0.2, 0.25) is 6.79 Å². The number of ether oxygens (including phenoxy) is 4. The summed E-state index contributed by atoms with van der Waals surface area (Å²) in [6.45, 7) is 2.56. The van der Waals surface area contributed by atoms with Crippen molar-refractivity contribution in [2.24, 2.45) is 0 Å². The molecule has 0 bridgehead atoms. The van der Waals surface area contributed by atoms with Gasteiger partial charge in [0.1, 0.15) is 4.32 Å². The number of benzene rings is 3. The summed E-state index contributed by atoms with van der Waals surface area (Å²) in [4.78, 5) is 27.6. The van der Waals surface area contributed by atoms with E-state index >= 15 is 0 Å². The molecule has 3 aromatic carbocycles. The third-order valence-electron chi connectivity index (χ3n) is 5.70. The first-order valence-corrected chi connectivity index (χ1v) is 13.6. The molecule has 0 unspecified atom stereocenters. The van der Waals surface area contributed by atoms with Gasteiger partial charge >= 0.3 is 0 Å². The number of thioether (sulfide) groups is 1. The number of fused-ring (bicyclic) bond motifs is 1. The van der Waals surface area contributed by atoms with Crippen LogP contribution in [0.5, 0.6) is 23.0 Å². The Morgan fingerprint density at radius 1 is 1.08 bits per heavy atom. The van der Waals surface area contributed by atoms with Crippen LogP contribution >= 0.6 is 35.6 Å². The Morgan fingerprint density at radius 2 is 1.87 bits per heavy atom. The van der Waals surface area contributed by atoms with Crippen LogP contribution in [-0.4, -0.2) is 41.0 Å². The molecule has 2 aliphatic heterocycles. The number of nitrogens with one attached hydrogen (secondary N) is 1. The van der Waals surface area contributed by atoms with E-state index in [1.807, 2.05) is 25.1 Å². The summed E-state index contributed by atoms with van der Waals surface area (Å²) in [6.07, 6.45) is 1.76. The Balaban J connectivity index is 1.25. The fourth-order valence-electron chi connectivity index (χ4n) is 3.89. The molecule has 5 rings (SSSR count). The van der Waals surface area contributed by atoms with Gasteiger partial charge in [0.15, 0.2) is 29.6 Å². The van der Waals surface area contributed by atoms with E-state index in [9.17, 15) is 9.59 Å². The number of carbonyl (C=O) groups is 2. The van der Waals surface area contributed by atoms with Crippen molar-refractivity contribution in [2.75, 3.05) is 25.3 Å². The van der Waals surface area contributed by atoms with Gasteiger partial charge in [-0.3, -0.25) is 14.5 Å². The molecule has 0 aromatic heterocycles. The summed E-state index contributed by atoms with van der Waals surface area (Å²) in [6, 6.07) is 17.6. The third-order valence-corrected chi connectivity index (χ3v) is 7.33. The molecule has 2 aliphatic rings. The second-order valence-corrected chi connectivity index (χ2v) is 10.6. The summed E-state index contributed by atoms with van der Waals surface area (Å²) in [7, 11) is 0. The van der Waals surface area contributed by atoms with Gasteiger partial charge in [0.25, 0.3) is 11.8 Å². The zero-order chi connectivity index (χ0) is 27.4. The molecule has 1 fully saturated rings. The molecule has 0 radical (unpaired) electrons. The van der Waals surface area contributed by atoms with Crippen molar-refractivity contribution < 1.29 is 28.5 Å². The molecule has 1 saturated heterocycles. The number of hydrogen-bond acceptors (Lipinski definition) is 8. The highest BCUT2D eigenvalue weighted by atomic mass is 35.5. The number of halogens is 1. The zero-order valence-electron chi connectivity index (χ0n) is 20.8. The van der Waals surface area contributed by atoms with Crippen LogP contribution in [0.4, 0.5) is 5.69 Å². The molecule has 11 heteroatoms. The van der Waals surface area contributed by atoms with E-state index in [0.29, 0.717) is 56.1 Å². The number of amides is 2. The summed E-state index contributed by atoms with van der Waals surface area (Å²) >= 11 is 12.6. The standard InChI is InChI=1S/C28H23ClN2O6S2/c1-2-34-23-11-17(3-9-21(23)35-15-26(32)30-20-7-5-19(29)6-8-20)13-25-27(33)31(28(38)39-25)14-18-4-10-22-24(12-18)37-16-36-22/h3-13H,2,14-16H2,1H3,(H,30,32)/b25-13-. The summed E-state index contributed by atoms with van der Waals surface area (Å²) in [5, 5.41) is 3.33. The summed E-state index contributed by atoms with van der Waals surface area (Å²) < 4.78 is 22.7. The van der Waals surface area contributed by atoms with E-state index in [0.717, 1.165) is 11.1 Å². The Bertz CT molecular complexity index is 1460. The third kappa shape index (κ3) is 6.47. The molecule has 0 aliphatic carbocycles. The van der Waals surface area contributed by atoms with Crippen LogP contribution in [-0.2, 0) is 16.1 Å². The fraction of sp³-hybridized carbons (Fsp3) is 0.179. The molecule has 0 spiro atoms. The van der Waals surface area contributed by atoms with E-state index < -0.39 is 0 Å². The molecule has 0 atom stereocenters. The SMILES string of the molecule is CCOc1cc(/C=C2\SC(=S)N(Cc3ccc4c(c3)OCO4)C2=O)ccc1OCC(=O)Nc1ccc(Cl)cc1. The fourth-order valence-corrected chi connectivity index (χ4v) is 5.27. The predicted molar refractivity (Wildman–Crippen MR) is 154 cm³/mol. The first kappa shape index (κ1) is 26.9. The highest BCUT2D eigenvalue weighted by Gasteiger charge is 2.32. The maximum atomic E-state index is 13.2. The molecule has 2 heterocycles. The predicted octanol–water partition coefficient (Wildman–Crippen LogP) is 5.89. The lowest BCUT2D eigenvalue weighted by molar-refractivity contribution is -0.122. The van der Waals surface area contributed by atoms with Crippen LogP contribution in [0.1, 0.15) is 18.1 Å². The normalized spacial score (nSPS) is 15.1. The molecule has 8 nitrogen and oxygen atoms in total. The van der Waals surface area contributed by atoms with Crippen LogP contribution in [0.25, 0.3) is 6.08 Å². The van der Waals surface area contributed by atoms with Gasteiger partial charge in [0, 0.05) is 10.7 Å². The van der Waals surface area contributed by atoms with Crippen molar-refractivity contribution >= 4 is 63.5 Å². The van der Waals surface area contributed by atoms with Crippen molar-refractivity contribution in [1.29, 1.82) is 0 Å². The van der Waals surface area contributed by atoms with Gasteiger partial charge in [-0.25, -0.2) is 0 Å². The van der Waals surface area contributed by atoms with Crippen LogP contribution in [0, 0.1) is 0 Å². The molecular weight excluding hydrogens is 560 g/mol. The topological polar surface area (TPSA) is 86.3 Å². The van der Waals surface area contributed by atoms with E-state index in [1.165, 1.54) is 11.8 Å². The van der Waals surface area contributed by atoms with Crippen LogP contribution < -0.4 is 24.3 Å². The first-order valence-electron chi connectivity index (χ1n) is 12.0. The Hall–Kier alpha value is -3.73. The second-order valence-electron chi connectivity index (χ2n) is 8.44. The Morgan fingerprint density at radius 3 is 2.67 bits per heavy atom. The number of nitrogens with zero attached hydrogens (tertiary/aromatic N) is 1. The van der Waals surface area contributed by atoms with Crippen LogP contribution in [0.3, 0.4) is 0 Å². The van der Waals surface area contributed by atoms with Crippen LogP contribution in [0.15, 0.2) is 65.6 Å². The van der Waals surface area contributed by atoms with E-state index in [1.54, 1.807) is 53.4 Å². The second kappa shape index (κ2) is 12.0. The Labute approximate surface area is 239 Å². The van der Waals surface area contributed by atoms with Crippen molar-refractivity contribution in [3.63, 3.8) is 0 Å². The van der Waals surface area contributed by atoms with Crippen molar-refractivity contribution in [3.8, 4) is 23.0 Å². The quantitative estimate of drug-likeness (QED) is 0.247. The first-order chi connectivity index (χ1) is 18.9. The van der Waals surface area contributed by atoms with Crippen molar-refractivity contribution in [1.82, 2.24) is 4.90 Å². The average molecular weight is 583 g/mol. The molecule has 0 saturated carbocycles. The van der Waals surface area contributed by atoms with E-state index in [2.05, 4.69) is 5.32 Å². The maximum Gasteiger partial charge on any atom is 0.266 e. The number of thiocarbonyl (C=S) groups is 1. The van der Waals surface area contributed by atoms with Crippen molar-refractivity contribution in [2.45, 2.75) is 13.5 Å². The lowest BCUT2D eigenvalue weighted by Crippen LogP contribution is -2.27. The highest BCUT2D eigenvalue weighted by Crippen LogP contribution is 2.37. The largest absolute Gasteiger partial charge is 0.490 e.